The Bertz CT molecular complexity index is 429. The van der Waals surface area contributed by atoms with E-state index in [9.17, 15) is 0 Å². The van der Waals surface area contributed by atoms with Crippen LogP contribution in [0.5, 0.6) is 0 Å². The first-order valence-corrected chi connectivity index (χ1v) is 7.69. The van der Waals surface area contributed by atoms with Crippen LogP contribution >= 0.6 is 11.6 Å². The Morgan fingerprint density at radius 1 is 1.37 bits per heavy atom. The van der Waals surface area contributed by atoms with E-state index in [-0.39, 0.29) is 5.54 Å². The molecule has 1 aliphatic rings. The number of hydrogen-bond donors (Lipinski definition) is 1. The van der Waals surface area contributed by atoms with Gasteiger partial charge in [-0.25, -0.2) is 0 Å². The lowest BCUT2D eigenvalue weighted by Gasteiger charge is -2.35. The van der Waals surface area contributed by atoms with E-state index in [1.54, 1.807) is 0 Å². The lowest BCUT2D eigenvalue weighted by Crippen LogP contribution is -2.39. The van der Waals surface area contributed by atoms with Crippen LogP contribution in [-0.4, -0.2) is 18.6 Å². The van der Waals surface area contributed by atoms with Crippen LogP contribution in [-0.2, 0) is 6.54 Å². The van der Waals surface area contributed by atoms with Crippen molar-refractivity contribution >= 4 is 17.3 Å². The second-order valence-electron chi connectivity index (χ2n) is 6.02. The highest BCUT2D eigenvalue weighted by molar-refractivity contribution is 6.30. The monoisotopic (exact) mass is 280 g/mol. The fourth-order valence-electron chi connectivity index (χ4n) is 2.89. The van der Waals surface area contributed by atoms with Crippen LogP contribution in [0.3, 0.4) is 0 Å². The molecule has 1 aromatic carbocycles. The highest BCUT2D eigenvalue weighted by atomic mass is 35.5. The van der Waals surface area contributed by atoms with Crippen molar-refractivity contribution in [1.29, 1.82) is 0 Å². The highest BCUT2D eigenvalue weighted by Gasteiger charge is 2.33. The van der Waals surface area contributed by atoms with Gasteiger partial charge < -0.3 is 10.2 Å². The molecule has 0 aromatic heterocycles. The fourth-order valence-corrected chi connectivity index (χ4v) is 3.06. The molecule has 1 fully saturated rings. The lowest BCUT2D eigenvalue weighted by molar-refractivity contribution is 0.516. The molecule has 2 nitrogen and oxygen atoms in total. The Labute approximate surface area is 122 Å². The molecule has 1 aliphatic heterocycles. The largest absolute Gasteiger partial charge is 0.366 e. The van der Waals surface area contributed by atoms with Crippen LogP contribution in [0.2, 0.25) is 5.02 Å². The van der Waals surface area contributed by atoms with Crippen molar-refractivity contribution in [3.63, 3.8) is 0 Å². The Kier molecular flexibility index (Phi) is 4.75. The normalized spacial score (nSPS) is 18.0. The number of nitrogens with zero attached hydrogens (tertiary/aromatic N) is 1. The Morgan fingerprint density at radius 2 is 2.16 bits per heavy atom. The average molecular weight is 281 g/mol. The Balaban J connectivity index is 2.24. The van der Waals surface area contributed by atoms with Crippen LogP contribution in [0.25, 0.3) is 0 Å². The van der Waals surface area contributed by atoms with Gasteiger partial charge >= 0.3 is 0 Å². The van der Waals surface area contributed by atoms with Crippen molar-refractivity contribution in [1.82, 2.24) is 5.32 Å². The Hall–Kier alpha value is -0.730. The van der Waals surface area contributed by atoms with Crippen LogP contribution < -0.4 is 10.2 Å². The van der Waals surface area contributed by atoms with E-state index in [1.165, 1.54) is 24.1 Å². The Morgan fingerprint density at radius 3 is 2.79 bits per heavy atom. The third-order valence-electron chi connectivity index (χ3n) is 3.98. The summed E-state index contributed by atoms with van der Waals surface area (Å²) in [6, 6.07) is 6.28. The summed E-state index contributed by atoms with van der Waals surface area (Å²) in [6.45, 7) is 9.96. The predicted octanol–water partition coefficient (Wildman–Crippen LogP) is 4.22. The summed E-state index contributed by atoms with van der Waals surface area (Å²) in [5, 5.41) is 4.32. The zero-order valence-electron chi connectivity index (χ0n) is 12.3. The second kappa shape index (κ2) is 6.15. The smallest absolute Gasteiger partial charge is 0.0431 e. The molecule has 3 heteroatoms. The standard InChI is InChI=1S/C16H25ClN2/c1-4-9-18-12-13-6-7-14(17)11-15(13)19-10-5-8-16(19,2)3/h6-7,11,18H,4-5,8-10,12H2,1-3H3. The summed E-state index contributed by atoms with van der Waals surface area (Å²) in [5.41, 5.74) is 2.90. The van der Waals surface area contributed by atoms with Crippen molar-refractivity contribution < 1.29 is 0 Å². The molecule has 19 heavy (non-hydrogen) atoms. The molecule has 2 rings (SSSR count). The number of hydrogen-bond acceptors (Lipinski definition) is 2. The number of halogens is 1. The molecular weight excluding hydrogens is 256 g/mol. The van der Waals surface area contributed by atoms with E-state index >= 15 is 0 Å². The summed E-state index contributed by atoms with van der Waals surface area (Å²) >= 11 is 6.20. The third kappa shape index (κ3) is 3.43. The maximum absolute atomic E-state index is 6.20. The minimum absolute atomic E-state index is 0.240. The quantitative estimate of drug-likeness (QED) is 0.813. The van der Waals surface area contributed by atoms with Gasteiger partial charge in [0, 0.05) is 29.3 Å². The highest BCUT2D eigenvalue weighted by Crippen LogP contribution is 2.36. The SMILES string of the molecule is CCCNCc1ccc(Cl)cc1N1CCCC1(C)C. The molecule has 1 saturated heterocycles. The number of benzene rings is 1. The van der Waals surface area contributed by atoms with Gasteiger partial charge in [-0.05, 0) is 57.4 Å². The van der Waals surface area contributed by atoms with Gasteiger partial charge in [-0.3, -0.25) is 0 Å². The van der Waals surface area contributed by atoms with Crippen LogP contribution in [0.4, 0.5) is 5.69 Å². The van der Waals surface area contributed by atoms with Gasteiger partial charge in [-0.15, -0.1) is 0 Å². The number of rotatable bonds is 5. The molecule has 0 saturated carbocycles. The summed E-state index contributed by atoms with van der Waals surface area (Å²) in [5.74, 6) is 0. The molecule has 106 valence electrons. The van der Waals surface area contributed by atoms with Crippen molar-refractivity contribution in [2.24, 2.45) is 0 Å². The van der Waals surface area contributed by atoms with Crippen molar-refractivity contribution in [2.75, 3.05) is 18.0 Å². The predicted molar refractivity (Wildman–Crippen MR) is 84.1 cm³/mol. The summed E-state index contributed by atoms with van der Waals surface area (Å²) in [7, 11) is 0. The number of anilines is 1. The number of nitrogens with one attached hydrogen (secondary N) is 1. The molecule has 0 amide bonds. The zero-order valence-corrected chi connectivity index (χ0v) is 13.1. The van der Waals surface area contributed by atoms with Crippen LogP contribution in [0.1, 0.15) is 45.6 Å². The molecule has 1 heterocycles. The molecule has 1 aromatic rings. The maximum atomic E-state index is 6.20. The van der Waals surface area contributed by atoms with Gasteiger partial charge in [0.15, 0.2) is 0 Å². The minimum atomic E-state index is 0.240. The molecular formula is C16H25ClN2. The zero-order chi connectivity index (χ0) is 13.9. The second-order valence-corrected chi connectivity index (χ2v) is 6.45. The van der Waals surface area contributed by atoms with Gasteiger partial charge in [0.25, 0.3) is 0 Å². The van der Waals surface area contributed by atoms with Gasteiger partial charge in [-0.1, -0.05) is 24.6 Å². The summed E-state index contributed by atoms with van der Waals surface area (Å²) in [4.78, 5) is 2.52. The van der Waals surface area contributed by atoms with Gasteiger partial charge in [0.1, 0.15) is 0 Å². The third-order valence-corrected chi connectivity index (χ3v) is 4.22. The van der Waals surface area contributed by atoms with Crippen molar-refractivity contribution in [2.45, 2.75) is 52.1 Å². The topological polar surface area (TPSA) is 15.3 Å². The van der Waals surface area contributed by atoms with Gasteiger partial charge in [-0.2, -0.15) is 0 Å². The van der Waals surface area contributed by atoms with E-state index in [2.05, 4.69) is 43.1 Å². The van der Waals surface area contributed by atoms with E-state index in [4.69, 9.17) is 11.6 Å². The summed E-state index contributed by atoms with van der Waals surface area (Å²) in [6.07, 6.45) is 3.68. The first-order valence-electron chi connectivity index (χ1n) is 7.31. The molecule has 0 bridgehead atoms. The van der Waals surface area contributed by atoms with E-state index in [0.29, 0.717) is 0 Å². The minimum Gasteiger partial charge on any atom is -0.366 e. The molecule has 0 spiro atoms. The average Bonchev–Trinajstić information content (AvgIpc) is 2.71. The summed E-state index contributed by atoms with van der Waals surface area (Å²) < 4.78 is 0. The molecule has 0 unspecified atom stereocenters. The van der Waals surface area contributed by atoms with E-state index in [1.807, 2.05) is 6.07 Å². The fraction of sp³-hybridized carbons (Fsp3) is 0.625. The van der Waals surface area contributed by atoms with Crippen LogP contribution in [0.15, 0.2) is 18.2 Å². The lowest BCUT2D eigenvalue weighted by atomic mass is 10.0. The molecule has 0 aliphatic carbocycles. The molecule has 1 N–H and O–H groups in total. The maximum Gasteiger partial charge on any atom is 0.0431 e. The van der Waals surface area contributed by atoms with Crippen molar-refractivity contribution in [3.8, 4) is 0 Å². The van der Waals surface area contributed by atoms with Crippen LogP contribution in [0, 0.1) is 0 Å². The van der Waals surface area contributed by atoms with Crippen molar-refractivity contribution in [3.05, 3.63) is 28.8 Å². The van der Waals surface area contributed by atoms with Gasteiger partial charge in [0.05, 0.1) is 0 Å². The first kappa shape index (κ1) is 14.7. The molecule has 0 radical (unpaired) electrons. The van der Waals surface area contributed by atoms with E-state index < -0.39 is 0 Å². The van der Waals surface area contributed by atoms with Gasteiger partial charge in [0.2, 0.25) is 0 Å². The molecule has 0 atom stereocenters. The first-order chi connectivity index (χ1) is 9.04. The van der Waals surface area contributed by atoms with E-state index in [0.717, 1.165) is 31.1 Å².